The van der Waals surface area contributed by atoms with Crippen LogP contribution in [0.15, 0.2) is 58.1 Å². The average Bonchev–Trinajstić information content (AvgIpc) is 3.54. The van der Waals surface area contributed by atoms with Crippen LogP contribution in [0.2, 0.25) is 0 Å². The van der Waals surface area contributed by atoms with Gasteiger partial charge in [0.05, 0.1) is 11.7 Å². The number of anilines is 1. The molecule has 2 aliphatic heterocycles. The predicted octanol–water partition coefficient (Wildman–Crippen LogP) is 3.73. The van der Waals surface area contributed by atoms with Crippen molar-refractivity contribution in [1.29, 1.82) is 0 Å². The van der Waals surface area contributed by atoms with Crippen molar-refractivity contribution in [2.75, 3.05) is 31.7 Å². The normalized spacial score (nSPS) is 17.9. The van der Waals surface area contributed by atoms with Crippen LogP contribution in [-0.4, -0.2) is 67.6 Å². The molecule has 0 bridgehead atoms. The number of rotatable bonds is 9. The van der Waals surface area contributed by atoms with E-state index in [-0.39, 0.29) is 35.1 Å². The zero-order valence-corrected chi connectivity index (χ0v) is 22.3. The van der Waals surface area contributed by atoms with Gasteiger partial charge in [0.25, 0.3) is 5.91 Å². The molecule has 1 atom stereocenters. The Morgan fingerprint density at radius 1 is 1.10 bits per heavy atom. The van der Waals surface area contributed by atoms with E-state index in [1.807, 2.05) is 30.3 Å². The van der Waals surface area contributed by atoms with E-state index < -0.39 is 16.1 Å². The zero-order chi connectivity index (χ0) is 27.1. The van der Waals surface area contributed by atoms with Crippen molar-refractivity contribution in [2.45, 2.75) is 43.0 Å². The van der Waals surface area contributed by atoms with Gasteiger partial charge in [0.15, 0.2) is 11.3 Å². The number of hydrogen-bond acceptors (Lipinski definition) is 8. The van der Waals surface area contributed by atoms with Crippen molar-refractivity contribution in [3.8, 4) is 0 Å². The van der Waals surface area contributed by atoms with E-state index >= 15 is 0 Å². The van der Waals surface area contributed by atoms with Crippen molar-refractivity contribution in [3.63, 3.8) is 0 Å². The molecule has 0 N–H and O–H groups in total. The average molecular weight is 549 g/mol. The molecule has 0 spiro atoms. The van der Waals surface area contributed by atoms with Crippen molar-refractivity contribution < 1.29 is 27.4 Å². The van der Waals surface area contributed by atoms with E-state index in [2.05, 4.69) is 10.3 Å². The van der Waals surface area contributed by atoms with Crippen LogP contribution >= 0.6 is 0 Å². The minimum Gasteiger partial charge on any atom is -0.385 e. The number of piperidine rings is 1. The van der Waals surface area contributed by atoms with Crippen LogP contribution in [0.5, 0.6) is 0 Å². The number of fused-ring (bicyclic) bond motifs is 1. The maximum atomic E-state index is 13.8. The molecule has 1 aromatic heterocycles. The first kappa shape index (κ1) is 25.6. The van der Waals surface area contributed by atoms with Gasteiger partial charge in [-0.05, 0) is 64.8 Å². The molecule has 1 fully saturated rings. The van der Waals surface area contributed by atoms with Crippen molar-refractivity contribution in [3.05, 3.63) is 59.7 Å². The summed E-state index contributed by atoms with van der Waals surface area (Å²) in [5.74, 6) is -0.234. The third-order valence-electron chi connectivity index (χ3n) is 7.63. The van der Waals surface area contributed by atoms with Crippen molar-refractivity contribution in [1.82, 2.24) is 14.6 Å². The Morgan fingerprint density at radius 2 is 1.95 bits per heavy atom. The second kappa shape index (κ2) is 10.1. The van der Waals surface area contributed by atoms with E-state index in [0.29, 0.717) is 43.5 Å². The van der Waals surface area contributed by atoms with Crippen LogP contribution in [0.4, 0.5) is 5.69 Å². The smallest absolute Gasteiger partial charge is 0.258 e. The molecule has 6 rings (SSSR count). The third kappa shape index (κ3) is 4.30. The fourth-order valence-corrected chi connectivity index (χ4v) is 7.60. The third-order valence-corrected chi connectivity index (χ3v) is 9.57. The lowest BCUT2D eigenvalue weighted by Gasteiger charge is -2.33. The summed E-state index contributed by atoms with van der Waals surface area (Å²) < 4.78 is 38.8. The molecule has 0 saturated carbocycles. The van der Waals surface area contributed by atoms with E-state index in [1.54, 1.807) is 24.1 Å². The van der Waals surface area contributed by atoms with Gasteiger partial charge >= 0.3 is 0 Å². The van der Waals surface area contributed by atoms with E-state index in [0.717, 1.165) is 28.4 Å². The van der Waals surface area contributed by atoms with Crippen LogP contribution in [0, 0.1) is 0 Å². The number of carbonyl (C=O) groups excluding carboxylic acids is 2. The molecule has 3 aromatic carbocycles. The Bertz CT molecular complexity index is 1700. The quantitative estimate of drug-likeness (QED) is 0.290. The molecule has 0 radical (unpaired) electrons. The SMILES string of the molecule is COCCCN1C(=O)c2cccc3c(CC(=O)C4CCCCN4S(=O)(=O)c4cccc5nonc45)ccc1c23. The number of sulfonamides is 1. The standard InChI is InChI=1S/C28H28N4O6S/c1-37-16-6-14-31-23-13-12-18(19-7-4-8-20(26(19)23)28(31)34)17-24(33)22-10-2-3-15-32(22)39(35,36)25-11-5-9-21-27(25)30-38-29-21/h4-5,7-9,11-13,22H,2-3,6,10,14-17H2,1H3. The van der Waals surface area contributed by atoms with Gasteiger partial charge in [-0.2, -0.15) is 4.31 Å². The number of hydrogen-bond donors (Lipinski definition) is 0. The summed E-state index contributed by atoms with van der Waals surface area (Å²) in [6.07, 6.45) is 2.63. The lowest BCUT2D eigenvalue weighted by molar-refractivity contribution is -0.122. The first-order valence-electron chi connectivity index (χ1n) is 13.0. The van der Waals surface area contributed by atoms with Crippen molar-refractivity contribution in [2.24, 2.45) is 0 Å². The highest BCUT2D eigenvalue weighted by atomic mass is 32.2. The first-order valence-corrected chi connectivity index (χ1v) is 14.5. The summed E-state index contributed by atoms with van der Waals surface area (Å²) in [5.41, 5.74) is 2.72. The summed E-state index contributed by atoms with van der Waals surface area (Å²) in [5, 5.41) is 9.23. The first-order chi connectivity index (χ1) is 18.9. The number of aromatic nitrogens is 2. The summed E-state index contributed by atoms with van der Waals surface area (Å²) in [4.78, 5) is 28.6. The topological polar surface area (TPSA) is 123 Å². The monoisotopic (exact) mass is 548 g/mol. The Hall–Kier alpha value is -3.67. The molecule has 0 aliphatic carbocycles. The fourth-order valence-electron chi connectivity index (χ4n) is 5.79. The second-order valence-electron chi connectivity index (χ2n) is 9.93. The molecule has 1 unspecified atom stereocenters. The minimum absolute atomic E-state index is 0.0154. The number of carbonyl (C=O) groups is 2. The van der Waals surface area contributed by atoms with Gasteiger partial charge in [-0.3, -0.25) is 9.59 Å². The van der Waals surface area contributed by atoms with Crippen LogP contribution in [0.1, 0.15) is 41.6 Å². The largest absolute Gasteiger partial charge is 0.385 e. The molecule has 1 saturated heterocycles. The van der Waals surface area contributed by atoms with Gasteiger partial charge in [-0.1, -0.05) is 30.7 Å². The molecule has 4 aromatic rings. The molecular weight excluding hydrogens is 520 g/mol. The van der Waals surface area contributed by atoms with Gasteiger partial charge in [0.2, 0.25) is 10.0 Å². The molecule has 2 aliphatic rings. The fraction of sp³-hybridized carbons (Fsp3) is 0.357. The molecule has 1 amide bonds. The summed E-state index contributed by atoms with van der Waals surface area (Å²) in [6.45, 7) is 1.34. The Balaban J connectivity index is 1.31. The van der Waals surface area contributed by atoms with Crippen molar-refractivity contribution >= 4 is 49.2 Å². The Kier molecular flexibility index (Phi) is 6.66. The summed E-state index contributed by atoms with van der Waals surface area (Å²) >= 11 is 0. The highest BCUT2D eigenvalue weighted by molar-refractivity contribution is 7.89. The van der Waals surface area contributed by atoms with Crippen LogP contribution in [-0.2, 0) is 26.0 Å². The van der Waals surface area contributed by atoms with E-state index in [9.17, 15) is 18.0 Å². The van der Waals surface area contributed by atoms with Gasteiger partial charge in [0, 0.05) is 44.2 Å². The van der Waals surface area contributed by atoms with E-state index in [1.165, 1.54) is 10.4 Å². The van der Waals surface area contributed by atoms with E-state index in [4.69, 9.17) is 9.37 Å². The van der Waals surface area contributed by atoms with Gasteiger partial charge in [-0.15, -0.1) is 0 Å². The molecule has 3 heterocycles. The van der Waals surface area contributed by atoms with Gasteiger partial charge in [0.1, 0.15) is 10.4 Å². The van der Waals surface area contributed by atoms with Crippen LogP contribution in [0.25, 0.3) is 21.8 Å². The molecule has 202 valence electrons. The highest BCUT2D eigenvalue weighted by Gasteiger charge is 2.39. The molecule has 10 nitrogen and oxygen atoms in total. The summed E-state index contributed by atoms with van der Waals surface area (Å²) in [6, 6.07) is 13.2. The lowest BCUT2D eigenvalue weighted by Crippen LogP contribution is -2.48. The highest BCUT2D eigenvalue weighted by Crippen LogP contribution is 2.39. The Labute approximate surface area is 225 Å². The number of ketones is 1. The van der Waals surface area contributed by atoms with Gasteiger partial charge in [-0.25, -0.2) is 13.0 Å². The lowest BCUT2D eigenvalue weighted by atomic mass is 9.93. The maximum absolute atomic E-state index is 13.8. The number of Topliss-reactive ketones (excluding diaryl/α,β-unsaturated/α-hetero) is 1. The number of ether oxygens (including phenoxy) is 1. The summed E-state index contributed by atoms with van der Waals surface area (Å²) in [7, 11) is -2.39. The zero-order valence-electron chi connectivity index (χ0n) is 21.5. The minimum atomic E-state index is -4.03. The number of nitrogens with zero attached hydrogens (tertiary/aromatic N) is 4. The second-order valence-corrected chi connectivity index (χ2v) is 11.8. The Morgan fingerprint density at radius 3 is 2.79 bits per heavy atom. The molecule has 39 heavy (non-hydrogen) atoms. The molecular formula is C28H28N4O6S. The van der Waals surface area contributed by atoms with Crippen LogP contribution < -0.4 is 4.90 Å². The number of benzene rings is 3. The molecule has 11 heteroatoms. The van der Waals surface area contributed by atoms with Crippen LogP contribution in [0.3, 0.4) is 0 Å². The van der Waals surface area contributed by atoms with Gasteiger partial charge < -0.3 is 9.64 Å². The number of methoxy groups -OCH3 is 1. The maximum Gasteiger partial charge on any atom is 0.258 e. The number of amides is 1. The predicted molar refractivity (Wildman–Crippen MR) is 144 cm³/mol.